The molecule has 2 N–H and O–H groups in total. The highest BCUT2D eigenvalue weighted by molar-refractivity contribution is 6.02. The van der Waals surface area contributed by atoms with Crippen molar-refractivity contribution in [3.05, 3.63) is 30.9 Å². The summed E-state index contributed by atoms with van der Waals surface area (Å²) >= 11 is 0. The topological polar surface area (TPSA) is 70.0 Å². The summed E-state index contributed by atoms with van der Waals surface area (Å²) in [5.74, 6) is 0. The van der Waals surface area contributed by atoms with Gasteiger partial charge in [-0.3, -0.25) is 4.68 Å². The van der Waals surface area contributed by atoms with Crippen molar-refractivity contribution in [3.63, 3.8) is 0 Å². The van der Waals surface area contributed by atoms with E-state index in [0.29, 0.717) is 6.54 Å². The first-order valence-electron chi connectivity index (χ1n) is 7.60. The van der Waals surface area contributed by atoms with Crippen LogP contribution < -0.4 is 4.90 Å². The number of nitrogens with one attached hydrogen (secondary N) is 1. The Kier molecular flexibility index (Phi) is 3.11. The van der Waals surface area contributed by atoms with Gasteiger partial charge in [0, 0.05) is 49.9 Å². The maximum atomic E-state index is 9.97. The number of β-amino-alcohol motifs (C(OH)–C–C–N with tert-alkyl or cyclic N) is 1. The minimum Gasteiger partial charge on any atom is -0.391 e. The quantitative estimate of drug-likeness (QED) is 0.758. The molecule has 0 aromatic carbocycles. The Morgan fingerprint density at radius 3 is 3.09 bits per heavy atom. The number of rotatable bonds is 2. The second kappa shape index (κ2) is 5.14. The van der Waals surface area contributed by atoms with Crippen molar-refractivity contribution in [1.29, 1.82) is 0 Å². The van der Waals surface area contributed by atoms with Crippen molar-refractivity contribution in [2.45, 2.75) is 18.9 Å². The van der Waals surface area contributed by atoms with Crippen LogP contribution in [0.25, 0.3) is 22.2 Å². The van der Waals surface area contributed by atoms with E-state index in [1.807, 2.05) is 37.9 Å². The predicted octanol–water partition coefficient (Wildman–Crippen LogP) is 1.92. The Balaban J connectivity index is 1.86. The van der Waals surface area contributed by atoms with Gasteiger partial charge in [-0.25, -0.2) is 4.98 Å². The Morgan fingerprint density at radius 1 is 1.41 bits per heavy atom. The van der Waals surface area contributed by atoms with Gasteiger partial charge in [0.2, 0.25) is 0 Å². The van der Waals surface area contributed by atoms with Crippen LogP contribution in [0.3, 0.4) is 0 Å². The van der Waals surface area contributed by atoms with Crippen LogP contribution in [0, 0.1) is 0 Å². The number of aromatic amines is 1. The molecule has 0 radical (unpaired) electrons. The standard InChI is InChI=1S/C16H19N5O/c1-20-9-11(7-19-20)13-8-18-16-15(13)14(4-5-17-16)21-6-2-3-12(22)10-21/h4-5,7-9,12,22H,2-3,6,10H2,1H3,(H,17,18)/t12-/m1/s1. The molecule has 1 aliphatic heterocycles. The highest BCUT2D eigenvalue weighted by Crippen LogP contribution is 2.35. The van der Waals surface area contributed by atoms with E-state index >= 15 is 0 Å². The van der Waals surface area contributed by atoms with Gasteiger partial charge in [-0.1, -0.05) is 0 Å². The second-order valence-electron chi connectivity index (χ2n) is 5.90. The van der Waals surface area contributed by atoms with Crippen LogP contribution >= 0.6 is 0 Å². The molecule has 4 heterocycles. The molecular weight excluding hydrogens is 278 g/mol. The van der Waals surface area contributed by atoms with Gasteiger partial charge in [0.05, 0.1) is 23.4 Å². The van der Waals surface area contributed by atoms with Gasteiger partial charge < -0.3 is 15.0 Å². The van der Waals surface area contributed by atoms with Gasteiger partial charge >= 0.3 is 0 Å². The fourth-order valence-corrected chi connectivity index (χ4v) is 3.26. The summed E-state index contributed by atoms with van der Waals surface area (Å²) in [6, 6.07) is 2.04. The lowest BCUT2D eigenvalue weighted by molar-refractivity contribution is 0.154. The van der Waals surface area contributed by atoms with Gasteiger partial charge in [-0.05, 0) is 18.9 Å². The van der Waals surface area contributed by atoms with Crippen molar-refractivity contribution >= 4 is 16.7 Å². The number of anilines is 1. The SMILES string of the molecule is Cn1cc(-c2c[nH]c3nccc(N4CCC[C@@H](O)C4)c23)cn1. The molecule has 3 aromatic heterocycles. The van der Waals surface area contributed by atoms with E-state index in [1.165, 1.54) is 0 Å². The zero-order chi connectivity index (χ0) is 15.1. The fraction of sp³-hybridized carbons (Fsp3) is 0.375. The minimum absolute atomic E-state index is 0.252. The summed E-state index contributed by atoms with van der Waals surface area (Å²) in [6.45, 7) is 1.64. The van der Waals surface area contributed by atoms with Crippen LogP contribution in [0.2, 0.25) is 0 Å². The largest absolute Gasteiger partial charge is 0.391 e. The number of nitrogens with zero attached hydrogens (tertiary/aromatic N) is 4. The number of hydrogen-bond donors (Lipinski definition) is 2. The molecule has 0 saturated carbocycles. The van der Waals surface area contributed by atoms with Crippen molar-refractivity contribution in [3.8, 4) is 11.1 Å². The summed E-state index contributed by atoms with van der Waals surface area (Å²) in [4.78, 5) is 9.94. The first kappa shape index (κ1) is 13.3. The highest BCUT2D eigenvalue weighted by atomic mass is 16.3. The minimum atomic E-state index is -0.252. The van der Waals surface area contributed by atoms with Crippen molar-refractivity contribution < 1.29 is 5.11 Å². The van der Waals surface area contributed by atoms with Crippen LogP contribution in [0.5, 0.6) is 0 Å². The molecule has 0 unspecified atom stereocenters. The van der Waals surface area contributed by atoms with Gasteiger partial charge in [-0.15, -0.1) is 0 Å². The van der Waals surface area contributed by atoms with E-state index in [1.54, 1.807) is 4.68 Å². The van der Waals surface area contributed by atoms with Gasteiger partial charge in [0.25, 0.3) is 0 Å². The molecule has 6 nitrogen and oxygen atoms in total. The third-order valence-electron chi connectivity index (χ3n) is 4.30. The predicted molar refractivity (Wildman–Crippen MR) is 85.7 cm³/mol. The number of aliphatic hydroxyl groups excluding tert-OH is 1. The number of hydrogen-bond acceptors (Lipinski definition) is 4. The zero-order valence-electron chi connectivity index (χ0n) is 12.5. The number of H-pyrrole nitrogens is 1. The number of pyridine rings is 1. The number of aryl methyl sites for hydroxylation is 1. The van der Waals surface area contributed by atoms with E-state index < -0.39 is 0 Å². The lowest BCUT2D eigenvalue weighted by Crippen LogP contribution is -2.38. The van der Waals surface area contributed by atoms with E-state index in [-0.39, 0.29) is 6.10 Å². The zero-order valence-corrected chi connectivity index (χ0v) is 12.5. The Morgan fingerprint density at radius 2 is 2.32 bits per heavy atom. The molecule has 0 spiro atoms. The smallest absolute Gasteiger partial charge is 0.139 e. The summed E-state index contributed by atoms with van der Waals surface area (Å²) in [5.41, 5.74) is 4.17. The van der Waals surface area contributed by atoms with Gasteiger partial charge in [0.15, 0.2) is 0 Å². The van der Waals surface area contributed by atoms with Gasteiger partial charge in [-0.2, -0.15) is 5.10 Å². The second-order valence-corrected chi connectivity index (χ2v) is 5.90. The first-order valence-corrected chi connectivity index (χ1v) is 7.60. The highest BCUT2D eigenvalue weighted by Gasteiger charge is 2.22. The monoisotopic (exact) mass is 297 g/mol. The molecule has 1 aliphatic rings. The first-order chi connectivity index (χ1) is 10.7. The summed E-state index contributed by atoms with van der Waals surface area (Å²) in [5, 5.41) is 15.3. The van der Waals surface area contributed by atoms with Crippen molar-refractivity contribution in [2.24, 2.45) is 7.05 Å². The van der Waals surface area contributed by atoms with Crippen molar-refractivity contribution in [1.82, 2.24) is 19.7 Å². The molecular formula is C16H19N5O. The molecule has 0 aliphatic carbocycles. The molecule has 0 bridgehead atoms. The molecule has 1 atom stereocenters. The summed E-state index contributed by atoms with van der Waals surface area (Å²) < 4.78 is 1.80. The van der Waals surface area contributed by atoms with Crippen LogP contribution in [-0.2, 0) is 7.05 Å². The molecule has 1 saturated heterocycles. The molecule has 6 heteroatoms. The number of piperidine rings is 1. The Hall–Kier alpha value is -2.34. The lowest BCUT2D eigenvalue weighted by atomic mass is 10.0. The Labute approximate surface area is 128 Å². The fourth-order valence-electron chi connectivity index (χ4n) is 3.26. The van der Waals surface area contributed by atoms with E-state index in [9.17, 15) is 5.11 Å². The van der Waals surface area contributed by atoms with Gasteiger partial charge in [0.1, 0.15) is 5.65 Å². The number of fused-ring (bicyclic) bond motifs is 1. The average molecular weight is 297 g/mol. The van der Waals surface area contributed by atoms with E-state index in [2.05, 4.69) is 20.0 Å². The van der Waals surface area contributed by atoms with Crippen LogP contribution in [-0.4, -0.2) is 44.0 Å². The lowest BCUT2D eigenvalue weighted by Gasteiger charge is -2.32. The molecule has 0 amide bonds. The number of aromatic nitrogens is 4. The van der Waals surface area contributed by atoms with Crippen LogP contribution in [0.15, 0.2) is 30.9 Å². The maximum Gasteiger partial charge on any atom is 0.139 e. The Bertz CT molecular complexity index is 806. The van der Waals surface area contributed by atoms with E-state index in [4.69, 9.17) is 0 Å². The third kappa shape index (κ3) is 2.16. The van der Waals surface area contributed by atoms with E-state index in [0.717, 1.165) is 47.2 Å². The molecule has 3 aromatic rings. The summed E-state index contributed by atoms with van der Waals surface area (Å²) in [7, 11) is 1.92. The maximum absolute atomic E-state index is 9.97. The van der Waals surface area contributed by atoms with Crippen LogP contribution in [0.1, 0.15) is 12.8 Å². The normalized spacial score (nSPS) is 19.0. The molecule has 114 valence electrons. The van der Waals surface area contributed by atoms with Crippen LogP contribution in [0.4, 0.5) is 5.69 Å². The average Bonchev–Trinajstić information content (AvgIpc) is 3.12. The molecule has 1 fully saturated rings. The molecule has 22 heavy (non-hydrogen) atoms. The summed E-state index contributed by atoms with van der Waals surface area (Å²) in [6.07, 6.45) is 9.32. The van der Waals surface area contributed by atoms with Crippen molar-refractivity contribution in [2.75, 3.05) is 18.0 Å². The molecule has 4 rings (SSSR count). The third-order valence-corrected chi connectivity index (χ3v) is 4.30. The number of aliphatic hydroxyl groups is 1.